The molecule has 2 rings (SSSR count). The molecule has 2 aromatic heterocycles. The Morgan fingerprint density at radius 3 is 2.79 bits per heavy atom. The topological polar surface area (TPSA) is 78.2 Å². The van der Waals surface area contributed by atoms with Crippen LogP contribution in [0.3, 0.4) is 0 Å². The predicted octanol–water partition coefficient (Wildman–Crippen LogP) is 0.855. The van der Waals surface area contributed by atoms with Gasteiger partial charge in [-0.2, -0.15) is 5.10 Å². The number of carbonyl (C=O) groups is 1. The van der Waals surface area contributed by atoms with Gasteiger partial charge in [-0.05, 0) is 28.1 Å². The van der Waals surface area contributed by atoms with Crippen LogP contribution in [0.25, 0.3) is 0 Å². The Morgan fingerprint density at radius 2 is 2.16 bits per heavy atom. The van der Waals surface area contributed by atoms with Crippen LogP contribution in [-0.4, -0.2) is 27.5 Å². The van der Waals surface area contributed by atoms with Gasteiger partial charge in [-0.1, -0.05) is 0 Å². The minimum absolute atomic E-state index is 0.224. The van der Waals surface area contributed by atoms with Gasteiger partial charge in [0.1, 0.15) is 11.0 Å². The molecule has 0 spiro atoms. The average molecular weight is 327 g/mol. The minimum Gasteiger partial charge on any atom is -0.468 e. The van der Waals surface area contributed by atoms with Crippen LogP contribution < -0.4 is 11.0 Å². The van der Waals surface area contributed by atoms with Crippen LogP contribution in [0.2, 0.25) is 0 Å². The Balaban J connectivity index is 2.27. The minimum atomic E-state index is -0.535. The first kappa shape index (κ1) is 13.3. The summed E-state index contributed by atoms with van der Waals surface area (Å²) >= 11 is 3.19. The molecular weight excluding hydrogens is 316 g/mol. The average Bonchev–Trinajstić information content (AvgIpc) is 2.91. The molecule has 7 nitrogen and oxygen atoms in total. The Labute approximate surface area is 116 Å². The summed E-state index contributed by atoms with van der Waals surface area (Å²) in [5.74, 6) is -0.535. The molecule has 2 aromatic rings. The van der Waals surface area contributed by atoms with Gasteiger partial charge >= 0.3 is 5.97 Å². The standard InChI is InChI=1S/C11H11BrN4O3/c1-19-9(17)7-16-11(18)10(12)8(6-13-16)14-15-4-2-3-5-15/h2-6,14H,7H2,1H3. The maximum atomic E-state index is 12.0. The third-order valence-corrected chi connectivity index (χ3v) is 3.11. The summed E-state index contributed by atoms with van der Waals surface area (Å²) < 4.78 is 7.48. The second kappa shape index (κ2) is 5.70. The van der Waals surface area contributed by atoms with Crippen molar-refractivity contribution >= 4 is 27.6 Å². The monoisotopic (exact) mass is 326 g/mol. The molecule has 0 radical (unpaired) electrons. The van der Waals surface area contributed by atoms with Crippen molar-refractivity contribution in [3.8, 4) is 0 Å². The summed E-state index contributed by atoms with van der Waals surface area (Å²) in [5.41, 5.74) is 3.05. The largest absolute Gasteiger partial charge is 0.468 e. The van der Waals surface area contributed by atoms with Crippen LogP contribution in [0.1, 0.15) is 0 Å². The van der Waals surface area contributed by atoms with Crippen LogP contribution in [0.15, 0.2) is 40.0 Å². The fourth-order valence-electron chi connectivity index (χ4n) is 1.39. The number of hydrogen-bond acceptors (Lipinski definition) is 5. The number of aromatic nitrogens is 3. The van der Waals surface area contributed by atoms with E-state index in [1.807, 2.05) is 12.1 Å². The van der Waals surface area contributed by atoms with E-state index in [4.69, 9.17) is 0 Å². The van der Waals surface area contributed by atoms with Crippen LogP contribution in [0, 0.1) is 0 Å². The molecule has 0 aliphatic rings. The maximum Gasteiger partial charge on any atom is 0.327 e. The van der Waals surface area contributed by atoms with E-state index in [1.165, 1.54) is 13.3 Å². The summed E-state index contributed by atoms with van der Waals surface area (Å²) in [4.78, 5) is 23.1. The molecule has 1 N–H and O–H groups in total. The van der Waals surface area contributed by atoms with Crippen LogP contribution in [0.4, 0.5) is 5.69 Å². The van der Waals surface area contributed by atoms with E-state index in [2.05, 4.69) is 31.2 Å². The molecule has 0 unspecified atom stereocenters. The first-order valence-electron chi connectivity index (χ1n) is 5.34. The zero-order valence-electron chi connectivity index (χ0n) is 10.0. The number of rotatable bonds is 4. The van der Waals surface area contributed by atoms with Gasteiger partial charge in [0.2, 0.25) is 0 Å². The summed E-state index contributed by atoms with van der Waals surface area (Å²) in [6.45, 7) is -0.224. The van der Waals surface area contributed by atoms with E-state index in [9.17, 15) is 9.59 Å². The number of carbonyl (C=O) groups excluding carboxylic acids is 1. The number of esters is 1. The fraction of sp³-hybridized carbons (Fsp3) is 0.182. The highest BCUT2D eigenvalue weighted by atomic mass is 79.9. The highest BCUT2D eigenvalue weighted by Gasteiger charge is 2.11. The highest BCUT2D eigenvalue weighted by molar-refractivity contribution is 9.10. The molecule has 8 heteroatoms. The number of ether oxygens (including phenoxy) is 1. The quantitative estimate of drug-likeness (QED) is 0.843. The van der Waals surface area contributed by atoms with Crippen molar-refractivity contribution in [2.45, 2.75) is 6.54 Å². The van der Waals surface area contributed by atoms with Crippen LogP contribution in [0.5, 0.6) is 0 Å². The van der Waals surface area contributed by atoms with Gasteiger partial charge < -0.3 is 4.74 Å². The summed E-state index contributed by atoms with van der Waals surface area (Å²) in [6, 6.07) is 3.68. The fourth-order valence-corrected chi connectivity index (χ4v) is 1.79. The molecule has 0 atom stereocenters. The third kappa shape index (κ3) is 3.02. The Morgan fingerprint density at radius 1 is 1.47 bits per heavy atom. The van der Waals surface area contributed by atoms with E-state index < -0.39 is 11.5 Å². The van der Waals surface area contributed by atoms with Crippen molar-refractivity contribution in [3.05, 3.63) is 45.5 Å². The molecule has 100 valence electrons. The molecule has 0 aliphatic carbocycles. The molecule has 0 fully saturated rings. The zero-order valence-corrected chi connectivity index (χ0v) is 11.6. The summed E-state index contributed by atoms with van der Waals surface area (Å²) in [5, 5.41) is 3.91. The number of nitrogens with zero attached hydrogens (tertiary/aromatic N) is 3. The van der Waals surface area contributed by atoms with Crippen molar-refractivity contribution in [1.29, 1.82) is 0 Å². The molecule has 0 amide bonds. The van der Waals surface area contributed by atoms with E-state index >= 15 is 0 Å². The number of hydrogen-bond donors (Lipinski definition) is 1. The van der Waals surface area contributed by atoms with Crippen molar-refractivity contribution in [3.63, 3.8) is 0 Å². The van der Waals surface area contributed by atoms with Crippen molar-refractivity contribution in [2.75, 3.05) is 12.5 Å². The molecule has 2 heterocycles. The normalized spacial score (nSPS) is 10.2. The van der Waals surface area contributed by atoms with E-state index in [1.54, 1.807) is 17.1 Å². The van der Waals surface area contributed by atoms with E-state index in [-0.39, 0.29) is 6.54 Å². The lowest BCUT2D eigenvalue weighted by atomic mass is 10.5. The third-order valence-electron chi connectivity index (χ3n) is 2.35. The molecule has 0 aromatic carbocycles. The smallest absolute Gasteiger partial charge is 0.327 e. The lowest BCUT2D eigenvalue weighted by Crippen LogP contribution is -2.28. The number of anilines is 1. The number of nitrogens with one attached hydrogen (secondary N) is 1. The number of halogens is 1. The van der Waals surface area contributed by atoms with E-state index in [0.29, 0.717) is 10.2 Å². The molecule has 0 bridgehead atoms. The maximum absolute atomic E-state index is 12.0. The summed E-state index contributed by atoms with van der Waals surface area (Å²) in [6.07, 6.45) is 5.02. The Hall–Kier alpha value is -2.09. The molecule has 19 heavy (non-hydrogen) atoms. The lowest BCUT2D eigenvalue weighted by Gasteiger charge is -2.10. The van der Waals surface area contributed by atoms with Crippen molar-refractivity contribution < 1.29 is 9.53 Å². The van der Waals surface area contributed by atoms with Crippen LogP contribution >= 0.6 is 15.9 Å². The zero-order chi connectivity index (χ0) is 13.8. The van der Waals surface area contributed by atoms with Gasteiger partial charge in [-0.3, -0.25) is 19.7 Å². The van der Waals surface area contributed by atoms with Crippen molar-refractivity contribution in [1.82, 2.24) is 14.5 Å². The van der Waals surface area contributed by atoms with E-state index in [0.717, 1.165) is 4.68 Å². The molecule has 0 saturated carbocycles. The Kier molecular flexibility index (Phi) is 4.00. The van der Waals surface area contributed by atoms with Gasteiger partial charge in [0.15, 0.2) is 0 Å². The first-order chi connectivity index (χ1) is 9.11. The van der Waals surface area contributed by atoms with Gasteiger partial charge in [-0.25, -0.2) is 4.68 Å². The van der Waals surface area contributed by atoms with Crippen LogP contribution in [-0.2, 0) is 16.1 Å². The summed E-state index contributed by atoms with van der Waals surface area (Å²) in [7, 11) is 1.25. The highest BCUT2D eigenvalue weighted by Crippen LogP contribution is 2.16. The van der Waals surface area contributed by atoms with Gasteiger partial charge in [-0.15, -0.1) is 0 Å². The SMILES string of the molecule is COC(=O)Cn1ncc(Nn2cccc2)c(Br)c1=O. The second-order valence-electron chi connectivity index (χ2n) is 3.61. The molecule has 0 saturated heterocycles. The lowest BCUT2D eigenvalue weighted by molar-refractivity contribution is -0.141. The first-order valence-corrected chi connectivity index (χ1v) is 6.13. The van der Waals surface area contributed by atoms with Gasteiger partial charge in [0.25, 0.3) is 5.56 Å². The Bertz CT molecular complexity index is 636. The van der Waals surface area contributed by atoms with Gasteiger partial charge in [0, 0.05) is 12.4 Å². The van der Waals surface area contributed by atoms with Crippen molar-refractivity contribution in [2.24, 2.45) is 0 Å². The number of methoxy groups -OCH3 is 1. The van der Waals surface area contributed by atoms with Gasteiger partial charge in [0.05, 0.1) is 19.0 Å². The molecular formula is C11H11BrN4O3. The molecule has 0 aliphatic heterocycles. The predicted molar refractivity (Wildman–Crippen MR) is 71.7 cm³/mol. The second-order valence-corrected chi connectivity index (χ2v) is 4.41.